The lowest BCUT2D eigenvalue weighted by molar-refractivity contribution is -0.177. The number of hydrogen-bond acceptors (Lipinski definition) is 5. The summed E-state index contributed by atoms with van der Waals surface area (Å²) in [7, 11) is 1.99. The van der Waals surface area contributed by atoms with Crippen molar-refractivity contribution in [1.29, 1.82) is 0 Å². The number of ether oxygens (including phenoxy) is 2. The quantitative estimate of drug-likeness (QED) is 0.473. The molecule has 0 amide bonds. The highest BCUT2D eigenvalue weighted by Crippen LogP contribution is 2.20. The number of carbonyl (C=O) groups excluding carboxylic acids is 2. The van der Waals surface area contributed by atoms with Gasteiger partial charge in [-0.1, -0.05) is 0 Å². The second-order valence-corrected chi connectivity index (χ2v) is 2.41. The molecule has 1 N–H and O–H groups in total. The second kappa shape index (κ2) is 3.88. The molecule has 0 aliphatic rings. The molecular weight excluding hydrogens is 180 g/mol. The van der Waals surface area contributed by atoms with Crippen LogP contribution in [0.4, 0.5) is 0 Å². The number of carbonyl (C=O) groups is 3. The normalized spacial score (nSPS) is 10.4. The molecule has 6 nitrogen and oxygen atoms in total. The van der Waals surface area contributed by atoms with Crippen molar-refractivity contribution in [3.05, 3.63) is 0 Å². The van der Waals surface area contributed by atoms with Crippen LogP contribution in [0, 0.1) is 5.41 Å². The van der Waals surface area contributed by atoms with E-state index in [9.17, 15) is 14.4 Å². The lowest BCUT2D eigenvalue weighted by atomic mass is 9.91. The lowest BCUT2D eigenvalue weighted by Gasteiger charge is -2.18. The number of hydrogen-bond donors (Lipinski definition) is 1. The summed E-state index contributed by atoms with van der Waals surface area (Å²) in [4.78, 5) is 32.6. The summed E-state index contributed by atoms with van der Waals surface area (Å²) in [6.45, 7) is 0.924. The van der Waals surface area contributed by atoms with E-state index in [2.05, 4.69) is 9.47 Å². The molecule has 0 aromatic rings. The molecule has 6 heteroatoms. The van der Waals surface area contributed by atoms with E-state index in [1.807, 2.05) is 0 Å². The molecule has 0 saturated heterocycles. The van der Waals surface area contributed by atoms with Crippen molar-refractivity contribution in [2.24, 2.45) is 5.41 Å². The van der Waals surface area contributed by atoms with E-state index in [-0.39, 0.29) is 0 Å². The van der Waals surface area contributed by atoms with Gasteiger partial charge in [0.1, 0.15) is 0 Å². The van der Waals surface area contributed by atoms with Gasteiger partial charge in [0.05, 0.1) is 14.2 Å². The van der Waals surface area contributed by atoms with Crippen molar-refractivity contribution in [3.8, 4) is 0 Å². The Morgan fingerprint density at radius 2 is 1.38 bits per heavy atom. The maximum absolute atomic E-state index is 11.0. The van der Waals surface area contributed by atoms with E-state index in [0.29, 0.717) is 0 Å². The minimum Gasteiger partial charge on any atom is -0.480 e. The molecule has 0 aromatic heterocycles. The Balaban J connectivity index is 5.06. The van der Waals surface area contributed by atoms with Gasteiger partial charge in [-0.2, -0.15) is 0 Å². The van der Waals surface area contributed by atoms with Crippen LogP contribution < -0.4 is 0 Å². The minimum absolute atomic E-state index is 0.924. The Kier molecular flexibility index (Phi) is 3.41. The standard InChI is InChI=1S/C7H10O6/c1-7(4(8)9,5(10)12-2)6(11)13-3/h1-3H3,(H,8,9). The first-order valence-electron chi connectivity index (χ1n) is 3.31. The smallest absolute Gasteiger partial charge is 0.334 e. The van der Waals surface area contributed by atoms with Crippen molar-refractivity contribution in [2.45, 2.75) is 6.92 Å². The third-order valence-electron chi connectivity index (χ3n) is 1.62. The third kappa shape index (κ3) is 1.77. The first-order valence-corrected chi connectivity index (χ1v) is 3.31. The first kappa shape index (κ1) is 11.4. The van der Waals surface area contributed by atoms with Crippen LogP contribution >= 0.6 is 0 Å². The average Bonchev–Trinajstić information content (AvgIpc) is 2.13. The monoisotopic (exact) mass is 190 g/mol. The summed E-state index contributed by atoms with van der Waals surface area (Å²) in [6, 6.07) is 0. The molecule has 0 aromatic carbocycles. The van der Waals surface area contributed by atoms with Gasteiger partial charge in [0.2, 0.25) is 0 Å². The molecule has 0 saturated carbocycles. The van der Waals surface area contributed by atoms with Gasteiger partial charge in [0, 0.05) is 0 Å². The SMILES string of the molecule is COC(=O)C(C)(C(=O)O)C(=O)OC. The highest BCUT2D eigenvalue weighted by molar-refractivity contribution is 6.16. The molecule has 0 unspecified atom stereocenters. The number of methoxy groups -OCH3 is 2. The molecule has 74 valence electrons. The fourth-order valence-electron chi connectivity index (χ4n) is 0.666. The molecule has 0 aliphatic heterocycles. The largest absolute Gasteiger partial charge is 0.480 e. The van der Waals surface area contributed by atoms with Crippen molar-refractivity contribution in [2.75, 3.05) is 14.2 Å². The van der Waals surface area contributed by atoms with Gasteiger partial charge in [0.25, 0.3) is 5.41 Å². The Bertz CT molecular complexity index is 227. The van der Waals surface area contributed by atoms with Gasteiger partial charge in [-0.3, -0.25) is 14.4 Å². The molecular formula is C7H10O6. The van der Waals surface area contributed by atoms with Crippen LogP contribution in [0.3, 0.4) is 0 Å². The van der Waals surface area contributed by atoms with Gasteiger partial charge < -0.3 is 14.6 Å². The van der Waals surface area contributed by atoms with Crippen molar-refractivity contribution >= 4 is 17.9 Å². The summed E-state index contributed by atoms with van der Waals surface area (Å²) >= 11 is 0. The van der Waals surface area contributed by atoms with Crippen molar-refractivity contribution in [3.63, 3.8) is 0 Å². The highest BCUT2D eigenvalue weighted by atomic mass is 16.5. The fourth-order valence-corrected chi connectivity index (χ4v) is 0.666. The molecule has 0 aliphatic carbocycles. The van der Waals surface area contributed by atoms with E-state index in [4.69, 9.17) is 5.11 Å². The van der Waals surface area contributed by atoms with Crippen LogP contribution in [0.1, 0.15) is 6.92 Å². The van der Waals surface area contributed by atoms with Crippen LogP contribution in [0.25, 0.3) is 0 Å². The summed E-state index contributed by atoms with van der Waals surface area (Å²) < 4.78 is 8.36. The minimum atomic E-state index is -2.29. The van der Waals surface area contributed by atoms with Crippen LogP contribution in [-0.2, 0) is 23.9 Å². The Labute approximate surface area is 74.4 Å². The molecule has 0 fully saturated rings. The molecule has 0 rings (SSSR count). The summed E-state index contributed by atoms with van der Waals surface area (Å²) in [5, 5.41) is 8.63. The predicted octanol–water partition coefficient (Wildman–Crippen LogP) is -0.577. The van der Waals surface area contributed by atoms with E-state index in [0.717, 1.165) is 21.1 Å². The molecule has 13 heavy (non-hydrogen) atoms. The second-order valence-electron chi connectivity index (χ2n) is 2.41. The fraction of sp³-hybridized carbons (Fsp3) is 0.571. The number of carboxylic acid groups (broad SMARTS) is 1. The molecule has 0 radical (unpaired) electrons. The zero-order chi connectivity index (χ0) is 10.6. The Morgan fingerprint density at radius 1 is 1.08 bits per heavy atom. The van der Waals surface area contributed by atoms with E-state index in [1.165, 1.54) is 0 Å². The van der Waals surface area contributed by atoms with Crippen LogP contribution in [0.2, 0.25) is 0 Å². The summed E-state index contributed by atoms with van der Waals surface area (Å²) in [6.07, 6.45) is 0. The first-order chi connectivity index (χ1) is 5.91. The number of carboxylic acids is 1. The predicted molar refractivity (Wildman–Crippen MR) is 39.8 cm³/mol. The van der Waals surface area contributed by atoms with Crippen molar-refractivity contribution in [1.82, 2.24) is 0 Å². The maximum Gasteiger partial charge on any atom is 0.334 e. The van der Waals surface area contributed by atoms with Crippen LogP contribution in [-0.4, -0.2) is 37.2 Å². The lowest BCUT2D eigenvalue weighted by Crippen LogP contribution is -2.45. The maximum atomic E-state index is 11.0. The number of rotatable bonds is 3. The number of esters is 2. The van der Waals surface area contributed by atoms with Gasteiger partial charge >= 0.3 is 17.9 Å². The van der Waals surface area contributed by atoms with Crippen molar-refractivity contribution < 1.29 is 29.0 Å². The van der Waals surface area contributed by atoms with Gasteiger partial charge in [-0.15, -0.1) is 0 Å². The van der Waals surface area contributed by atoms with E-state index < -0.39 is 23.3 Å². The Hall–Kier alpha value is -1.59. The summed E-state index contributed by atoms with van der Waals surface area (Å²) in [5.41, 5.74) is -2.29. The van der Waals surface area contributed by atoms with Gasteiger partial charge in [-0.25, -0.2) is 0 Å². The van der Waals surface area contributed by atoms with Crippen LogP contribution in [0.5, 0.6) is 0 Å². The zero-order valence-corrected chi connectivity index (χ0v) is 7.49. The molecule has 0 heterocycles. The average molecular weight is 190 g/mol. The van der Waals surface area contributed by atoms with Crippen LogP contribution in [0.15, 0.2) is 0 Å². The van der Waals surface area contributed by atoms with Gasteiger partial charge in [0.15, 0.2) is 0 Å². The highest BCUT2D eigenvalue weighted by Gasteiger charge is 2.51. The Morgan fingerprint density at radius 3 is 1.54 bits per heavy atom. The zero-order valence-electron chi connectivity index (χ0n) is 7.49. The number of aliphatic carboxylic acids is 1. The molecule has 0 spiro atoms. The van der Waals surface area contributed by atoms with Gasteiger partial charge in [-0.05, 0) is 6.92 Å². The van der Waals surface area contributed by atoms with E-state index >= 15 is 0 Å². The molecule has 0 bridgehead atoms. The topological polar surface area (TPSA) is 89.9 Å². The molecule has 0 atom stereocenters. The third-order valence-corrected chi connectivity index (χ3v) is 1.62. The summed E-state index contributed by atoms with van der Waals surface area (Å²) in [5.74, 6) is -3.93. The van der Waals surface area contributed by atoms with E-state index in [1.54, 1.807) is 0 Å².